The number of thiocarbonyl (C=S) groups is 1. The van der Waals surface area contributed by atoms with Crippen LogP contribution in [0.25, 0.3) is 0 Å². The lowest BCUT2D eigenvalue weighted by Gasteiger charge is -2.21. The van der Waals surface area contributed by atoms with Crippen LogP contribution in [0, 0.1) is 31.3 Å². The number of nitrogens with zero attached hydrogens (tertiary/aromatic N) is 1. The molecule has 2 aromatic carbocycles. The van der Waals surface area contributed by atoms with E-state index in [0.29, 0.717) is 17.7 Å². The molecular weight excluding hydrogens is 349 g/mol. The number of aryl methyl sites for hydroxylation is 2. The smallest absolute Gasteiger partial charge is 0.429 e. The van der Waals surface area contributed by atoms with Gasteiger partial charge in [0.05, 0.1) is 5.16 Å². The van der Waals surface area contributed by atoms with Crippen LogP contribution in [0.5, 0.6) is 5.75 Å². The molecule has 2 rings (SSSR count). The van der Waals surface area contributed by atoms with Crippen LogP contribution in [-0.4, -0.2) is 5.16 Å². The van der Waals surface area contributed by atoms with Gasteiger partial charge in [0.1, 0.15) is 22.8 Å². The van der Waals surface area contributed by atoms with Crippen LogP contribution >= 0.6 is 12.2 Å². The molecule has 0 aliphatic carbocycles. The van der Waals surface area contributed by atoms with Gasteiger partial charge in [-0.05, 0) is 43.3 Å². The van der Waals surface area contributed by atoms with Crippen molar-refractivity contribution in [2.75, 3.05) is 0 Å². The third kappa shape index (κ3) is 3.60. The maximum atomic E-state index is 14.2. The number of ether oxygens (including phenoxy) is 1. The van der Waals surface area contributed by atoms with Gasteiger partial charge in [0.15, 0.2) is 11.6 Å². The lowest BCUT2D eigenvalue weighted by molar-refractivity contribution is -0.188. The molecule has 0 fully saturated rings. The van der Waals surface area contributed by atoms with Crippen molar-refractivity contribution in [3.63, 3.8) is 0 Å². The summed E-state index contributed by atoms with van der Waals surface area (Å²) in [5, 5.41) is 1.77. The summed E-state index contributed by atoms with van der Waals surface area (Å²) in [5.74, 6) is -4.53. The predicted molar refractivity (Wildman–Crippen MR) is 81.4 cm³/mol. The van der Waals surface area contributed by atoms with Gasteiger partial charge in [-0.2, -0.15) is 13.8 Å². The molecule has 0 amide bonds. The summed E-state index contributed by atoms with van der Waals surface area (Å²) in [6.07, 6.45) is -4.13. The van der Waals surface area contributed by atoms with Crippen LogP contribution in [0.2, 0.25) is 0 Å². The average Bonchev–Trinajstić information content (AvgIpc) is 2.40. The molecule has 0 aliphatic rings. The molecule has 0 bridgehead atoms. The molecule has 0 spiro atoms. The summed E-state index contributed by atoms with van der Waals surface area (Å²) < 4.78 is 74.1. The topological polar surface area (TPSA) is 21.6 Å². The van der Waals surface area contributed by atoms with E-state index in [0.717, 1.165) is 6.07 Å². The molecule has 0 aromatic heterocycles. The first-order valence-corrected chi connectivity index (χ1v) is 6.97. The number of isothiocyanates is 1. The Morgan fingerprint density at radius 2 is 1.58 bits per heavy atom. The predicted octanol–water partition coefficient (Wildman–Crippen LogP) is 5.58. The van der Waals surface area contributed by atoms with Crippen LogP contribution in [0.3, 0.4) is 0 Å². The molecular formula is C16H10F5NOS. The van der Waals surface area contributed by atoms with E-state index in [9.17, 15) is 22.0 Å². The highest BCUT2D eigenvalue weighted by Crippen LogP contribution is 2.37. The number of aliphatic imine (C=N–C) groups is 1. The fraction of sp³-hybridized carbons (Fsp3) is 0.188. The summed E-state index contributed by atoms with van der Waals surface area (Å²) in [7, 11) is 0. The SMILES string of the molecule is Cc1cc(C)c(C(F)(F)Oc2cc(F)c(N=C=S)c(F)c2)c(F)c1. The summed E-state index contributed by atoms with van der Waals surface area (Å²) in [6, 6.07) is 3.26. The van der Waals surface area contributed by atoms with Gasteiger partial charge in [-0.3, -0.25) is 0 Å². The first kappa shape index (κ1) is 18.0. The fourth-order valence-corrected chi connectivity index (χ4v) is 2.33. The number of hydrogen-bond acceptors (Lipinski definition) is 3. The maximum absolute atomic E-state index is 14.2. The van der Waals surface area contributed by atoms with Gasteiger partial charge in [0.2, 0.25) is 0 Å². The quantitative estimate of drug-likeness (QED) is 0.404. The normalized spacial score (nSPS) is 11.1. The third-order valence-corrected chi connectivity index (χ3v) is 3.21. The Bertz CT molecular complexity index is 800. The van der Waals surface area contributed by atoms with Crippen molar-refractivity contribution in [1.82, 2.24) is 0 Å². The second kappa shape index (κ2) is 6.67. The number of alkyl halides is 2. The molecule has 0 heterocycles. The van der Waals surface area contributed by atoms with E-state index < -0.39 is 40.6 Å². The molecule has 126 valence electrons. The molecule has 8 heteroatoms. The first-order valence-electron chi connectivity index (χ1n) is 6.56. The molecule has 0 radical (unpaired) electrons. The van der Waals surface area contributed by atoms with E-state index in [1.807, 2.05) is 0 Å². The fourth-order valence-electron chi connectivity index (χ4n) is 2.24. The Kier molecular flexibility index (Phi) is 5.01. The Hall–Kier alpha value is -2.31. The molecule has 0 saturated heterocycles. The first-order chi connectivity index (χ1) is 11.2. The van der Waals surface area contributed by atoms with Crippen molar-refractivity contribution in [2.24, 2.45) is 4.99 Å². The van der Waals surface area contributed by atoms with Gasteiger partial charge in [0.25, 0.3) is 0 Å². The van der Waals surface area contributed by atoms with E-state index >= 15 is 0 Å². The van der Waals surface area contributed by atoms with E-state index in [1.165, 1.54) is 13.0 Å². The van der Waals surface area contributed by atoms with Crippen molar-refractivity contribution >= 4 is 23.1 Å². The minimum Gasteiger partial charge on any atom is -0.429 e. The second-order valence-corrected chi connectivity index (χ2v) is 5.18. The van der Waals surface area contributed by atoms with Crippen molar-refractivity contribution < 1.29 is 26.7 Å². The molecule has 0 aliphatic heterocycles. The standard InChI is InChI=1S/C16H10F5NOS/c1-8-3-9(2)14(11(17)4-8)16(20,21)23-10-5-12(18)15(22-7-24)13(19)6-10/h3-6H,1-2H3. The van der Waals surface area contributed by atoms with Crippen LogP contribution in [0.1, 0.15) is 16.7 Å². The van der Waals surface area contributed by atoms with Gasteiger partial charge in [-0.15, -0.1) is 0 Å². The number of halogens is 5. The van der Waals surface area contributed by atoms with Gasteiger partial charge in [0, 0.05) is 12.1 Å². The minimum atomic E-state index is -4.13. The number of hydrogen-bond donors (Lipinski definition) is 0. The van der Waals surface area contributed by atoms with Gasteiger partial charge in [-0.1, -0.05) is 6.07 Å². The monoisotopic (exact) mass is 359 g/mol. The zero-order chi connectivity index (χ0) is 18.1. The molecule has 0 unspecified atom stereocenters. The summed E-state index contributed by atoms with van der Waals surface area (Å²) >= 11 is 4.23. The lowest BCUT2D eigenvalue weighted by atomic mass is 10.0. The van der Waals surface area contributed by atoms with Crippen LogP contribution in [-0.2, 0) is 6.11 Å². The van der Waals surface area contributed by atoms with E-state index in [4.69, 9.17) is 0 Å². The van der Waals surface area contributed by atoms with Crippen LogP contribution in [0.4, 0.5) is 27.6 Å². The number of benzene rings is 2. The summed E-state index contributed by atoms with van der Waals surface area (Å²) in [5.41, 5.74) is -1.39. The highest BCUT2D eigenvalue weighted by molar-refractivity contribution is 7.78. The Labute approximate surface area is 139 Å². The van der Waals surface area contributed by atoms with Gasteiger partial charge >= 0.3 is 6.11 Å². The highest BCUT2D eigenvalue weighted by Gasteiger charge is 2.39. The van der Waals surface area contributed by atoms with E-state index in [-0.39, 0.29) is 5.56 Å². The highest BCUT2D eigenvalue weighted by atomic mass is 32.1. The van der Waals surface area contributed by atoms with Crippen molar-refractivity contribution in [1.29, 1.82) is 0 Å². The molecule has 0 atom stereocenters. The Morgan fingerprint density at radius 3 is 2.08 bits per heavy atom. The van der Waals surface area contributed by atoms with Crippen LogP contribution < -0.4 is 4.74 Å². The maximum Gasteiger partial charge on any atom is 0.429 e. The molecule has 24 heavy (non-hydrogen) atoms. The van der Waals surface area contributed by atoms with Crippen LogP contribution in [0.15, 0.2) is 29.3 Å². The molecule has 0 N–H and O–H groups in total. The summed E-state index contributed by atoms with van der Waals surface area (Å²) in [4.78, 5) is 3.15. The Morgan fingerprint density at radius 1 is 1.00 bits per heavy atom. The third-order valence-electron chi connectivity index (χ3n) is 3.12. The van der Waals surface area contributed by atoms with Crippen molar-refractivity contribution in [3.8, 4) is 5.75 Å². The minimum absolute atomic E-state index is 0.0552. The lowest BCUT2D eigenvalue weighted by Crippen LogP contribution is -2.25. The molecule has 0 saturated carbocycles. The van der Waals surface area contributed by atoms with E-state index in [1.54, 1.807) is 12.1 Å². The zero-order valence-electron chi connectivity index (χ0n) is 12.5. The molecule has 2 aromatic rings. The van der Waals surface area contributed by atoms with Crippen molar-refractivity contribution in [2.45, 2.75) is 20.0 Å². The zero-order valence-corrected chi connectivity index (χ0v) is 13.3. The van der Waals surface area contributed by atoms with E-state index in [2.05, 4.69) is 21.9 Å². The average molecular weight is 359 g/mol. The largest absolute Gasteiger partial charge is 0.429 e. The van der Waals surface area contributed by atoms with Gasteiger partial charge in [-0.25, -0.2) is 13.2 Å². The molecule has 2 nitrogen and oxygen atoms in total. The number of rotatable bonds is 4. The Balaban J connectivity index is 2.45. The second-order valence-electron chi connectivity index (χ2n) is 5.00. The summed E-state index contributed by atoms with van der Waals surface area (Å²) in [6.45, 7) is 2.82. The van der Waals surface area contributed by atoms with Crippen molar-refractivity contribution in [3.05, 3.63) is 58.4 Å². The van der Waals surface area contributed by atoms with Gasteiger partial charge < -0.3 is 4.74 Å².